The number of benzene rings is 2. The fraction of sp³-hybridized carbons (Fsp3) is 0.105. The minimum atomic E-state index is -0.390. The van der Waals surface area contributed by atoms with Crippen molar-refractivity contribution in [1.82, 2.24) is 9.97 Å². The summed E-state index contributed by atoms with van der Waals surface area (Å²) in [5, 5.41) is 5.78. The number of halogens is 1. The van der Waals surface area contributed by atoms with Gasteiger partial charge < -0.3 is 15.4 Å². The average Bonchev–Trinajstić information content (AvgIpc) is 2.64. The van der Waals surface area contributed by atoms with Gasteiger partial charge in [0.2, 0.25) is 0 Å². The van der Waals surface area contributed by atoms with Crippen LogP contribution in [0.4, 0.5) is 21.6 Å². The van der Waals surface area contributed by atoms with Crippen LogP contribution in [-0.4, -0.2) is 23.0 Å². The van der Waals surface area contributed by atoms with Crippen molar-refractivity contribution in [2.45, 2.75) is 6.92 Å². The predicted octanol–water partition coefficient (Wildman–Crippen LogP) is 3.93. The van der Waals surface area contributed by atoms with Gasteiger partial charge in [-0.25, -0.2) is 14.4 Å². The first-order valence-corrected chi connectivity index (χ1v) is 7.86. The molecular weight excluding hydrogens is 335 g/mol. The molecule has 1 aromatic heterocycles. The second-order valence-corrected chi connectivity index (χ2v) is 5.58. The molecule has 1 amide bonds. The Bertz CT molecular complexity index is 929. The maximum atomic E-state index is 13.0. The van der Waals surface area contributed by atoms with Gasteiger partial charge in [0, 0.05) is 11.8 Å². The topological polar surface area (TPSA) is 76.1 Å². The molecule has 7 heteroatoms. The molecule has 26 heavy (non-hydrogen) atoms. The second-order valence-electron chi connectivity index (χ2n) is 5.58. The number of amides is 1. The maximum absolute atomic E-state index is 13.0. The molecular formula is C19H17FN4O2. The number of nitrogens with zero attached hydrogens (tertiary/aromatic N) is 2. The molecule has 0 atom stereocenters. The summed E-state index contributed by atoms with van der Waals surface area (Å²) in [5.74, 6) is 0.263. The van der Waals surface area contributed by atoms with Crippen LogP contribution in [0.2, 0.25) is 0 Å². The van der Waals surface area contributed by atoms with E-state index in [1.54, 1.807) is 18.2 Å². The lowest BCUT2D eigenvalue weighted by molar-refractivity contribution is 0.102. The molecule has 0 aliphatic heterocycles. The van der Waals surface area contributed by atoms with Gasteiger partial charge in [0.1, 0.15) is 29.4 Å². The fourth-order valence-corrected chi connectivity index (χ4v) is 2.34. The van der Waals surface area contributed by atoms with Gasteiger partial charge in [0.05, 0.1) is 12.8 Å². The highest BCUT2D eigenvalue weighted by atomic mass is 19.1. The molecule has 0 saturated carbocycles. The highest BCUT2D eigenvalue weighted by Crippen LogP contribution is 2.25. The number of nitrogens with one attached hydrogen (secondary N) is 2. The molecule has 0 fully saturated rings. The van der Waals surface area contributed by atoms with Gasteiger partial charge in [-0.15, -0.1) is 0 Å². The normalized spacial score (nSPS) is 10.3. The summed E-state index contributed by atoms with van der Waals surface area (Å²) in [4.78, 5) is 20.6. The Morgan fingerprint density at radius 2 is 1.85 bits per heavy atom. The third-order valence-electron chi connectivity index (χ3n) is 3.62. The molecule has 1 heterocycles. The lowest BCUT2D eigenvalue weighted by Crippen LogP contribution is -2.15. The van der Waals surface area contributed by atoms with Crippen molar-refractivity contribution in [3.05, 3.63) is 71.9 Å². The summed E-state index contributed by atoms with van der Waals surface area (Å²) in [6.07, 6.45) is 1.29. The van der Waals surface area contributed by atoms with Gasteiger partial charge in [-0.05, 0) is 48.9 Å². The van der Waals surface area contributed by atoms with E-state index in [-0.39, 0.29) is 11.5 Å². The van der Waals surface area contributed by atoms with Crippen molar-refractivity contribution in [3.8, 4) is 5.75 Å². The van der Waals surface area contributed by atoms with Gasteiger partial charge in [-0.2, -0.15) is 0 Å². The molecule has 0 spiro atoms. The Morgan fingerprint density at radius 1 is 1.08 bits per heavy atom. The SMILES string of the molecule is COc1ccc(C)cc1NC(=O)c1cc(Nc2ccc(F)cc2)ncn1. The summed E-state index contributed by atoms with van der Waals surface area (Å²) >= 11 is 0. The molecule has 0 saturated heterocycles. The Hall–Kier alpha value is -3.48. The van der Waals surface area contributed by atoms with E-state index >= 15 is 0 Å². The Morgan fingerprint density at radius 3 is 2.58 bits per heavy atom. The van der Waals surface area contributed by atoms with Crippen LogP contribution in [0.25, 0.3) is 0 Å². The fourth-order valence-electron chi connectivity index (χ4n) is 2.34. The highest BCUT2D eigenvalue weighted by Gasteiger charge is 2.12. The predicted molar refractivity (Wildman–Crippen MR) is 97.4 cm³/mol. The average molecular weight is 352 g/mol. The molecule has 2 N–H and O–H groups in total. The van der Waals surface area contributed by atoms with E-state index in [0.717, 1.165) is 5.56 Å². The number of hydrogen-bond donors (Lipinski definition) is 2. The van der Waals surface area contributed by atoms with Crippen molar-refractivity contribution in [2.75, 3.05) is 17.7 Å². The zero-order chi connectivity index (χ0) is 18.5. The second kappa shape index (κ2) is 7.60. The van der Waals surface area contributed by atoms with Crippen LogP contribution in [0.1, 0.15) is 16.1 Å². The van der Waals surface area contributed by atoms with Crippen LogP contribution in [0.15, 0.2) is 54.9 Å². The van der Waals surface area contributed by atoms with Crippen molar-refractivity contribution < 1.29 is 13.9 Å². The van der Waals surface area contributed by atoms with Crippen molar-refractivity contribution in [3.63, 3.8) is 0 Å². The Labute approximate surface area is 150 Å². The number of aryl methyl sites for hydroxylation is 1. The standard InChI is InChI=1S/C19H17FN4O2/c1-12-3-8-17(26-2)15(9-12)24-19(25)16-10-18(22-11-21-16)23-14-6-4-13(20)5-7-14/h3-11H,1-2H3,(H,24,25)(H,21,22,23). The van der Waals surface area contributed by atoms with E-state index in [2.05, 4.69) is 20.6 Å². The molecule has 0 radical (unpaired) electrons. The molecule has 6 nitrogen and oxygen atoms in total. The molecule has 0 unspecified atom stereocenters. The quantitative estimate of drug-likeness (QED) is 0.728. The van der Waals surface area contributed by atoms with Crippen LogP contribution in [0.3, 0.4) is 0 Å². The zero-order valence-electron chi connectivity index (χ0n) is 14.3. The zero-order valence-corrected chi connectivity index (χ0v) is 14.3. The van der Waals surface area contributed by atoms with E-state index in [1.165, 1.54) is 31.6 Å². The Balaban J connectivity index is 1.78. The van der Waals surface area contributed by atoms with E-state index in [4.69, 9.17) is 4.74 Å². The summed E-state index contributed by atoms with van der Waals surface area (Å²) in [6, 6.07) is 12.8. The van der Waals surface area contributed by atoms with Crippen LogP contribution >= 0.6 is 0 Å². The van der Waals surface area contributed by atoms with Crippen molar-refractivity contribution in [2.24, 2.45) is 0 Å². The Kier molecular flexibility index (Phi) is 5.07. The number of rotatable bonds is 5. The molecule has 3 rings (SSSR count). The molecule has 3 aromatic rings. The largest absolute Gasteiger partial charge is 0.495 e. The number of hydrogen-bond acceptors (Lipinski definition) is 5. The minimum Gasteiger partial charge on any atom is -0.495 e. The van der Waals surface area contributed by atoms with E-state index in [1.807, 2.05) is 19.1 Å². The van der Waals surface area contributed by atoms with Crippen LogP contribution in [0.5, 0.6) is 5.75 Å². The highest BCUT2D eigenvalue weighted by molar-refractivity contribution is 6.04. The van der Waals surface area contributed by atoms with E-state index in [9.17, 15) is 9.18 Å². The lowest BCUT2D eigenvalue weighted by atomic mass is 10.2. The number of carbonyl (C=O) groups is 1. The summed E-state index contributed by atoms with van der Waals surface area (Å²) in [7, 11) is 1.54. The lowest BCUT2D eigenvalue weighted by Gasteiger charge is -2.11. The van der Waals surface area contributed by atoms with Gasteiger partial charge >= 0.3 is 0 Å². The van der Waals surface area contributed by atoms with E-state index in [0.29, 0.717) is 22.9 Å². The van der Waals surface area contributed by atoms with Gasteiger partial charge in [0.25, 0.3) is 5.91 Å². The number of aromatic nitrogens is 2. The smallest absolute Gasteiger partial charge is 0.274 e. The number of methoxy groups -OCH3 is 1. The molecule has 0 aliphatic carbocycles. The summed E-state index contributed by atoms with van der Waals surface area (Å²) < 4.78 is 18.2. The van der Waals surface area contributed by atoms with Gasteiger partial charge in [0.15, 0.2) is 0 Å². The third-order valence-corrected chi connectivity index (χ3v) is 3.62. The monoisotopic (exact) mass is 352 g/mol. The van der Waals surface area contributed by atoms with Gasteiger partial charge in [-0.3, -0.25) is 4.79 Å². The molecule has 132 valence electrons. The van der Waals surface area contributed by atoms with E-state index < -0.39 is 5.91 Å². The van der Waals surface area contributed by atoms with Gasteiger partial charge in [-0.1, -0.05) is 6.07 Å². The van der Waals surface area contributed by atoms with Crippen molar-refractivity contribution in [1.29, 1.82) is 0 Å². The number of carbonyl (C=O) groups excluding carboxylic acids is 1. The van der Waals surface area contributed by atoms with Crippen LogP contribution in [0, 0.1) is 12.7 Å². The number of anilines is 3. The summed E-state index contributed by atoms with van der Waals surface area (Å²) in [5.41, 5.74) is 2.39. The maximum Gasteiger partial charge on any atom is 0.274 e. The summed E-state index contributed by atoms with van der Waals surface area (Å²) in [6.45, 7) is 1.92. The van der Waals surface area contributed by atoms with Crippen LogP contribution in [-0.2, 0) is 0 Å². The minimum absolute atomic E-state index is 0.188. The first-order valence-electron chi connectivity index (χ1n) is 7.86. The first kappa shape index (κ1) is 17.3. The van der Waals surface area contributed by atoms with Crippen molar-refractivity contribution >= 4 is 23.1 Å². The molecule has 0 aliphatic rings. The molecule has 2 aromatic carbocycles. The van der Waals surface area contributed by atoms with Crippen LogP contribution < -0.4 is 15.4 Å². The third kappa shape index (κ3) is 4.13. The first-order chi connectivity index (χ1) is 12.5. The number of ether oxygens (including phenoxy) is 1. The molecule has 0 bridgehead atoms.